The third kappa shape index (κ3) is 7.34. The highest BCUT2D eigenvalue weighted by molar-refractivity contribution is 7.85. The summed E-state index contributed by atoms with van der Waals surface area (Å²) < 4.78 is 25.9. The summed E-state index contributed by atoms with van der Waals surface area (Å²) in [5, 5.41) is 1.03. The number of hydrogen-bond donors (Lipinski definition) is 3. The SMILES string of the molecule is CS(=O)(=O)O.NC(N)=Nc1cccc(-c2cccc(Cl)c2Cl)c1. The van der Waals surface area contributed by atoms with E-state index in [1.54, 1.807) is 6.07 Å². The van der Waals surface area contributed by atoms with Crippen LogP contribution in [0.5, 0.6) is 0 Å². The Morgan fingerprint density at radius 2 is 1.70 bits per heavy atom. The molecule has 0 atom stereocenters. The van der Waals surface area contributed by atoms with Gasteiger partial charge in [-0.25, -0.2) is 4.99 Å². The van der Waals surface area contributed by atoms with Gasteiger partial charge in [-0.3, -0.25) is 4.55 Å². The largest absolute Gasteiger partial charge is 0.370 e. The zero-order valence-corrected chi connectivity index (χ0v) is 14.4. The molecular formula is C14H15Cl2N3O3S. The van der Waals surface area contributed by atoms with E-state index in [4.69, 9.17) is 39.2 Å². The van der Waals surface area contributed by atoms with Crippen LogP contribution in [0.2, 0.25) is 10.0 Å². The van der Waals surface area contributed by atoms with Crippen LogP contribution < -0.4 is 11.5 Å². The van der Waals surface area contributed by atoms with E-state index < -0.39 is 10.1 Å². The van der Waals surface area contributed by atoms with Crippen molar-refractivity contribution in [3.8, 4) is 11.1 Å². The number of rotatable bonds is 2. The van der Waals surface area contributed by atoms with E-state index in [0.717, 1.165) is 11.1 Å². The molecule has 0 fully saturated rings. The van der Waals surface area contributed by atoms with Gasteiger partial charge in [0, 0.05) is 5.56 Å². The minimum absolute atomic E-state index is 0.0179. The van der Waals surface area contributed by atoms with E-state index in [-0.39, 0.29) is 5.96 Å². The molecule has 0 spiro atoms. The average Bonchev–Trinajstić information content (AvgIpc) is 2.39. The maximum atomic E-state index is 9.19. The van der Waals surface area contributed by atoms with E-state index in [9.17, 15) is 8.42 Å². The summed E-state index contributed by atoms with van der Waals surface area (Å²) in [4.78, 5) is 3.99. The van der Waals surface area contributed by atoms with E-state index >= 15 is 0 Å². The molecule has 23 heavy (non-hydrogen) atoms. The Morgan fingerprint density at radius 1 is 1.13 bits per heavy atom. The number of halogens is 2. The van der Waals surface area contributed by atoms with Crippen molar-refractivity contribution >= 4 is 45.0 Å². The molecule has 0 saturated heterocycles. The highest BCUT2D eigenvalue weighted by atomic mass is 35.5. The molecule has 0 aliphatic carbocycles. The van der Waals surface area contributed by atoms with Crippen molar-refractivity contribution in [2.45, 2.75) is 0 Å². The molecule has 0 aliphatic rings. The van der Waals surface area contributed by atoms with Crippen LogP contribution in [0.3, 0.4) is 0 Å². The van der Waals surface area contributed by atoms with Crippen molar-refractivity contribution in [3.05, 3.63) is 52.5 Å². The van der Waals surface area contributed by atoms with Gasteiger partial charge in [0.1, 0.15) is 0 Å². The second kappa shape index (κ2) is 8.16. The highest BCUT2D eigenvalue weighted by Crippen LogP contribution is 2.34. The summed E-state index contributed by atoms with van der Waals surface area (Å²) in [5.41, 5.74) is 13.1. The highest BCUT2D eigenvalue weighted by Gasteiger charge is 2.07. The average molecular weight is 376 g/mol. The second-order valence-electron chi connectivity index (χ2n) is 4.42. The van der Waals surface area contributed by atoms with Gasteiger partial charge in [0.05, 0.1) is 22.0 Å². The van der Waals surface area contributed by atoms with Crippen LogP contribution in [-0.4, -0.2) is 25.2 Å². The Balaban J connectivity index is 0.000000463. The Morgan fingerprint density at radius 3 is 2.26 bits per heavy atom. The van der Waals surface area contributed by atoms with Crippen LogP contribution in [0.25, 0.3) is 11.1 Å². The maximum absolute atomic E-state index is 9.19. The summed E-state index contributed by atoms with van der Waals surface area (Å²) in [6, 6.07) is 12.9. The topological polar surface area (TPSA) is 119 Å². The molecule has 6 nitrogen and oxygen atoms in total. The first-order chi connectivity index (χ1) is 10.6. The lowest BCUT2D eigenvalue weighted by atomic mass is 10.1. The van der Waals surface area contributed by atoms with Gasteiger partial charge in [-0.1, -0.05) is 47.5 Å². The number of nitrogens with two attached hydrogens (primary N) is 2. The fraction of sp³-hybridized carbons (Fsp3) is 0.0714. The van der Waals surface area contributed by atoms with Crippen LogP contribution in [0.1, 0.15) is 0 Å². The van der Waals surface area contributed by atoms with Gasteiger partial charge in [-0.2, -0.15) is 8.42 Å². The van der Waals surface area contributed by atoms with Gasteiger partial charge in [0.15, 0.2) is 5.96 Å². The number of hydrogen-bond acceptors (Lipinski definition) is 3. The molecule has 2 rings (SSSR count). The van der Waals surface area contributed by atoms with Gasteiger partial charge < -0.3 is 11.5 Å². The molecule has 0 aromatic heterocycles. The second-order valence-corrected chi connectivity index (χ2v) is 6.67. The Hall–Kier alpha value is -1.80. The lowest BCUT2D eigenvalue weighted by Gasteiger charge is -2.06. The van der Waals surface area contributed by atoms with Crippen molar-refractivity contribution in [2.75, 3.05) is 6.26 Å². The van der Waals surface area contributed by atoms with Crippen LogP contribution >= 0.6 is 23.2 Å². The van der Waals surface area contributed by atoms with E-state index in [1.165, 1.54) is 0 Å². The van der Waals surface area contributed by atoms with Crippen LogP contribution in [0.15, 0.2) is 47.5 Å². The van der Waals surface area contributed by atoms with Crippen LogP contribution in [0, 0.1) is 0 Å². The quantitative estimate of drug-likeness (QED) is 0.423. The van der Waals surface area contributed by atoms with Crippen LogP contribution in [0.4, 0.5) is 5.69 Å². The number of benzene rings is 2. The number of aliphatic imine (C=N–C) groups is 1. The molecule has 124 valence electrons. The summed E-state index contributed by atoms with van der Waals surface area (Å²) >= 11 is 12.2. The van der Waals surface area contributed by atoms with E-state index in [0.29, 0.717) is 22.0 Å². The third-order valence-electron chi connectivity index (χ3n) is 2.37. The molecule has 0 amide bonds. The normalized spacial score (nSPS) is 10.4. The first-order valence-electron chi connectivity index (χ1n) is 6.14. The van der Waals surface area contributed by atoms with Gasteiger partial charge >= 0.3 is 0 Å². The van der Waals surface area contributed by atoms with Gasteiger partial charge in [-0.05, 0) is 23.8 Å². The zero-order chi connectivity index (χ0) is 17.6. The Labute approximate surface area is 144 Å². The molecule has 0 heterocycles. The van der Waals surface area contributed by atoms with Gasteiger partial charge in [0.2, 0.25) is 0 Å². The van der Waals surface area contributed by atoms with E-state index in [1.807, 2.05) is 36.4 Å². The molecule has 0 aliphatic heterocycles. The molecule has 5 N–H and O–H groups in total. The first kappa shape index (κ1) is 19.2. The summed E-state index contributed by atoms with van der Waals surface area (Å²) in [6.07, 6.45) is 0.715. The maximum Gasteiger partial charge on any atom is 0.261 e. The molecule has 0 radical (unpaired) electrons. The fourth-order valence-corrected chi connectivity index (χ4v) is 2.03. The Bertz CT molecular complexity index is 812. The molecular weight excluding hydrogens is 361 g/mol. The monoisotopic (exact) mass is 375 g/mol. The van der Waals surface area contributed by atoms with Crippen molar-refractivity contribution in [1.82, 2.24) is 0 Å². The number of nitrogens with zero attached hydrogens (tertiary/aromatic N) is 1. The zero-order valence-electron chi connectivity index (χ0n) is 12.1. The lowest BCUT2D eigenvalue weighted by Crippen LogP contribution is -2.21. The number of guanidine groups is 1. The lowest BCUT2D eigenvalue weighted by molar-refractivity contribution is 0.490. The molecule has 0 bridgehead atoms. The van der Waals surface area contributed by atoms with Crippen molar-refractivity contribution in [3.63, 3.8) is 0 Å². The molecule has 2 aromatic carbocycles. The fourth-order valence-electron chi connectivity index (χ4n) is 1.62. The van der Waals surface area contributed by atoms with Gasteiger partial charge in [0.25, 0.3) is 10.1 Å². The van der Waals surface area contributed by atoms with Crippen molar-refractivity contribution in [2.24, 2.45) is 16.5 Å². The summed E-state index contributed by atoms with van der Waals surface area (Å²) in [6.45, 7) is 0. The molecule has 2 aromatic rings. The summed E-state index contributed by atoms with van der Waals surface area (Å²) in [5.74, 6) is 0.0179. The summed E-state index contributed by atoms with van der Waals surface area (Å²) in [7, 11) is -3.67. The molecule has 9 heteroatoms. The predicted octanol–water partition coefficient (Wildman–Crippen LogP) is 3.07. The van der Waals surface area contributed by atoms with Crippen molar-refractivity contribution in [1.29, 1.82) is 0 Å². The van der Waals surface area contributed by atoms with Crippen LogP contribution in [-0.2, 0) is 10.1 Å². The van der Waals surface area contributed by atoms with Crippen molar-refractivity contribution < 1.29 is 13.0 Å². The molecule has 0 unspecified atom stereocenters. The van der Waals surface area contributed by atoms with Gasteiger partial charge in [-0.15, -0.1) is 0 Å². The Kier molecular flexibility index (Phi) is 6.83. The minimum Gasteiger partial charge on any atom is -0.370 e. The standard InChI is InChI=1S/C13H11Cl2N3.CH4O3S/c14-11-6-2-5-10(12(11)15)8-3-1-4-9(7-8)18-13(16)17;1-5(2,3)4/h1-7H,(H4,16,17,18);1H3,(H,2,3,4). The predicted molar refractivity (Wildman–Crippen MR) is 94.8 cm³/mol. The molecule has 0 saturated carbocycles. The van der Waals surface area contributed by atoms with E-state index in [2.05, 4.69) is 4.99 Å². The first-order valence-corrected chi connectivity index (χ1v) is 8.75. The smallest absolute Gasteiger partial charge is 0.261 e. The minimum atomic E-state index is -3.67. The third-order valence-corrected chi connectivity index (χ3v) is 3.19.